The predicted molar refractivity (Wildman–Crippen MR) is 71.6 cm³/mol. The van der Waals surface area contributed by atoms with Crippen LogP contribution in [-0.4, -0.2) is 18.1 Å². The molecule has 0 saturated carbocycles. The minimum Gasteiger partial charge on any atom is -0.399 e. The molecule has 0 aliphatic rings. The topological polar surface area (TPSA) is 38.0 Å². The van der Waals surface area contributed by atoms with Crippen molar-refractivity contribution in [2.24, 2.45) is 0 Å². The molecule has 1 aromatic rings. The normalized spacial score (nSPS) is 9.93. The first-order chi connectivity index (χ1) is 7.22. The van der Waals surface area contributed by atoms with Crippen LogP contribution in [0.2, 0.25) is 0 Å². The van der Waals surface area contributed by atoms with Gasteiger partial charge in [-0.05, 0) is 30.7 Å². The standard InChI is InChI=1S/C12H18N2S/c1-3-5-15-6-4-14-12-8-10(2)7-11(13)9-12/h3,7-9,14H,1,4-6,13H2,2H3. The molecular formula is C12H18N2S. The van der Waals surface area contributed by atoms with Gasteiger partial charge in [-0.3, -0.25) is 0 Å². The maximum Gasteiger partial charge on any atom is 0.0363 e. The van der Waals surface area contributed by atoms with Crippen LogP contribution in [0.3, 0.4) is 0 Å². The van der Waals surface area contributed by atoms with Crippen LogP contribution in [0.1, 0.15) is 5.56 Å². The van der Waals surface area contributed by atoms with Crippen molar-refractivity contribution in [3.8, 4) is 0 Å². The van der Waals surface area contributed by atoms with E-state index in [1.54, 1.807) is 0 Å². The summed E-state index contributed by atoms with van der Waals surface area (Å²) in [6.07, 6.45) is 1.93. The number of anilines is 2. The van der Waals surface area contributed by atoms with E-state index >= 15 is 0 Å². The van der Waals surface area contributed by atoms with Gasteiger partial charge in [0, 0.05) is 29.4 Å². The van der Waals surface area contributed by atoms with Crippen LogP contribution in [0.25, 0.3) is 0 Å². The van der Waals surface area contributed by atoms with Gasteiger partial charge in [-0.25, -0.2) is 0 Å². The largest absolute Gasteiger partial charge is 0.399 e. The number of hydrogen-bond acceptors (Lipinski definition) is 3. The molecule has 0 amide bonds. The van der Waals surface area contributed by atoms with Crippen molar-refractivity contribution in [3.05, 3.63) is 36.4 Å². The Bertz CT molecular complexity index is 303. The lowest BCUT2D eigenvalue weighted by Gasteiger charge is -2.07. The summed E-state index contributed by atoms with van der Waals surface area (Å²) in [7, 11) is 0. The van der Waals surface area contributed by atoms with E-state index in [0.29, 0.717) is 0 Å². The second kappa shape index (κ2) is 6.40. The fourth-order valence-corrected chi connectivity index (χ4v) is 1.93. The summed E-state index contributed by atoms with van der Waals surface area (Å²) in [5, 5.41) is 3.35. The second-order valence-electron chi connectivity index (χ2n) is 3.42. The van der Waals surface area contributed by atoms with Gasteiger partial charge in [0.15, 0.2) is 0 Å². The zero-order valence-corrected chi connectivity index (χ0v) is 9.94. The first-order valence-electron chi connectivity index (χ1n) is 5.02. The molecule has 0 spiro atoms. The highest BCUT2D eigenvalue weighted by Crippen LogP contribution is 2.15. The van der Waals surface area contributed by atoms with Crippen molar-refractivity contribution in [2.75, 3.05) is 29.1 Å². The van der Waals surface area contributed by atoms with Gasteiger partial charge in [-0.2, -0.15) is 11.8 Å². The van der Waals surface area contributed by atoms with E-state index in [0.717, 1.165) is 29.4 Å². The maximum absolute atomic E-state index is 5.75. The number of nitrogens with one attached hydrogen (secondary N) is 1. The lowest BCUT2D eigenvalue weighted by molar-refractivity contribution is 1.22. The van der Waals surface area contributed by atoms with Crippen LogP contribution < -0.4 is 11.1 Å². The monoisotopic (exact) mass is 222 g/mol. The van der Waals surface area contributed by atoms with Crippen LogP contribution in [0.4, 0.5) is 11.4 Å². The quantitative estimate of drug-likeness (QED) is 0.441. The molecule has 82 valence electrons. The third-order valence-corrected chi connectivity index (χ3v) is 2.88. The number of hydrogen-bond donors (Lipinski definition) is 2. The number of aryl methyl sites for hydroxylation is 1. The fraction of sp³-hybridized carbons (Fsp3) is 0.333. The lowest BCUT2D eigenvalue weighted by Crippen LogP contribution is -2.04. The van der Waals surface area contributed by atoms with Gasteiger partial charge >= 0.3 is 0 Å². The third kappa shape index (κ3) is 4.79. The van der Waals surface area contributed by atoms with Crippen molar-refractivity contribution >= 4 is 23.1 Å². The average molecular weight is 222 g/mol. The fourth-order valence-electron chi connectivity index (χ4n) is 1.35. The maximum atomic E-state index is 5.75. The van der Waals surface area contributed by atoms with Crippen LogP contribution in [0.15, 0.2) is 30.9 Å². The summed E-state index contributed by atoms with van der Waals surface area (Å²) in [4.78, 5) is 0. The third-order valence-electron chi connectivity index (χ3n) is 1.91. The summed E-state index contributed by atoms with van der Waals surface area (Å²) < 4.78 is 0. The minimum atomic E-state index is 0.816. The summed E-state index contributed by atoms with van der Waals surface area (Å²) in [5.41, 5.74) is 8.86. The van der Waals surface area contributed by atoms with Crippen molar-refractivity contribution in [1.82, 2.24) is 0 Å². The van der Waals surface area contributed by atoms with E-state index in [-0.39, 0.29) is 0 Å². The highest BCUT2D eigenvalue weighted by molar-refractivity contribution is 7.99. The summed E-state index contributed by atoms with van der Waals surface area (Å²) in [5.74, 6) is 2.09. The summed E-state index contributed by atoms with van der Waals surface area (Å²) in [6, 6.07) is 6.04. The molecule has 0 saturated heterocycles. The Hall–Kier alpha value is -1.09. The number of benzene rings is 1. The van der Waals surface area contributed by atoms with Crippen LogP contribution in [0.5, 0.6) is 0 Å². The minimum absolute atomic E-state index is 0.816. The lowest BCUT2D eigenvalue weighted by atomic mass is 10.2. The van der Waals surface area contributed by atoms with Gasteiger partial charge in [0.25, 0.3) is 0 Å². The molecular weight excluding hydrogens is 204 g/mol. The molecule has 0 aliphatic carbocycles. The van der Waals surface area contributed by atoms with E-state index in [2.05, 4.69) is 18.0 Å². The molecule has 0 unspecified atom stereocenters. The smallest absolute Gasteiger partial charge is 0.0363 e. The number of thioether (sulfide) groups is 1. The molecule has 1 aromatic carbocycles. The van der Waals surface area contributed by atoms with Gasteiger partial charge in [0.1, 0.15) is 0 Å². The molecule has 0 radical (unpaired) electrons. The Morgan fingerprint density at radius 2 is 2.27 bits per heavy atom. The Morgan fingerprint density at radius 1 is 1.47 bits per heavy atom. The van der Waals surface area contributed by atoms with E-state index in [1.165, 1.54) is 5.56 Å². The van der Waals surface area contributed by atoms with E-state index < -0.39 is 0 Å². The van der Waals surface area contributed by atoms with Crippen LogP contribution >= 0.6 is 11.8 Å². The second-order valence-corrected chi connectivity index (χ2v) is 4.57. The molecule has 0 aliphatic heterocycles. The molecule has 1 rings (SSSR count). The number of rotatable bonds is 6. The molecule has 3 N–H and O–H groups in total. The van der Waals surface area contributed by atoms with Gasteiger partial charge < -0.3 is 11.1 Å². The molecule has 15 heavy (non-hydrogen) atoms. The summed E-state index contributed by atoms with van der Waals surface area (Å²) >= 11 is 1.87. The molecule has 0 aromatic heterocycles. The van der Waals surface area contributed by atoms with Crippen molar-refractivity contribution in [2.45, 2.75) is 6.92 Å². The van der Waals surface area contributed by atoms with Crippen molar-refractivity contribution < 1.29 is 0 Å². The SMILES string of the molecule is C=CCSCCNc1cc(C)cc(N)c1. The van der Waals surface area contributed by atoms with Gasteiger partial charge in [-0.1, -0.05) is 6.08 Å². The molecule has 3 heteroatoms. The predicted octanol–water partition coefficient (Wildman–Crippen LogP) is 2.91. The van der Waals surface area contributed by atoms with E-state index in [1.807, 2.05) is 36.9 Å². The van der Waals surface area contributed by atoms with Gasteiger partial charge in [0.2, 0.25) is 0 Å². The zero-order valence-electron chi connectivity index (χ0n) is 9.12. The van der Waals surface area contributed by atoms with Crippen LogP contribution in [0, 0.1) is 6.92 Å². The number of nitrogen functional groups attached to an aromatic ring is 1. The Labute approximate surface area is 95.9 Å². The molecule has 0 fully saturated rings. The Balaban J connectivity index is 2.33. The molecule has 2 nitrogen and oxygen atoms in total. The van der Waals surface area contributed by atoms with E-state index in [4.69, 9.17) is 5.73 Å². The van der Waals surface area contributed by atoms with Crippen molar-refractivity contribution in [3.63, 3.8) is 0 Å². The van der Waals surface area contributed by atoms with Crippen LogP contribution in [-0.2, 0) is 0 Å². The van der Waals surface area contributed by atoms with E-state index in [9.17, 15) is 0 Å². The molecule has 0 atom stereocenters. The molecule has 0 heterocycles. The van der Waals surface area contributed by atoms with Gasteiger partial charge in [0.05, 0.1) is 0 Å². The van der Waals surface area contributed by atoms with Crippen molar-refractivity contribution in [1.29, 1.82) is 0 Å². The Morgan fingerprint density at radius 3 is 2.93 bits per heavy atom. The number of nitrogens with two attached hydrogens (primary N) is 1. The zero-order chi connectivity index (χ0) is 11.1. The Kier molecular flexibility index (Phi) is 5.12. The molecule has 0 bridgehead atoms. The highest BCUT2D eigenvalue weighted by Gasteiger charge is 1.95. The van der Waals surface area contributed by atoms with Gasteiger partial charge in [-0.15, -0.1) is 6.58 Å². The first kappa shape index (κ1) is 12.0. The summed E-state index contributed by atoms with van der Waals surface area (Å²) in [6.45, 7) is 6.69. The highest BCUT2D eigenvalue weighted by atomic mass is 32.2. The average Bonchev–Trinajstić information content (AvgIpc) is 2.16. The first-order valence-corrected chi connectivity index (χ1v) is 6.17.